The van der Waals surface area contributed by atoms with Crippen molar-refractivity contribution in [2.45, 2.75) is 26.8 Å². The van der Waals surface area contributed by atoms with Crippen molar-refractivity contribution < 1.29 is 9.90 Å². The number of nitrogens with zero attached hydrogens (tertiary/aromatic N) is 5. The highest BCUT2D eigenvalue weighted by Crippen LogP contribution is 2.20. The smallest absolute Gasteiger partial charge is 0.255 e. The SMILES string of the molecule is Cc1nc2c(cnn2C(C)C)cc1C(=O)N1CCN(CCO)CC1. The number of amides is 1. The van der Waals surface area contributed by atoms with Gasteiger partial charge in [-0.1, -0.05) is 0 Å². The molecule has 3 heterocycles. The molecule has 1 saturated heterocycles. The fourth-order valence-electron chi connectivity index (χ4n) is 3.15. The van der Waals surface area contributed by atoms with Crippen LogP contribution in [-0.4, -0.2) is 74.9 Å². The average Bonchev–Trinajstić information content (AvgIpc) is 2.97. The number of carbonyl (C=O) groups is 1. The highest BCUT2D eigenvalue weighted by atomic mass is 16.3. The van der Waals surface area contributed by atoms with Gasteiger partial charge in [-0.25, -0.2) is 9.67 Å². The van der Waals surface area contributed by atoms with Gasteiger partial charge in [0.2, 0.25) is 0 Å². The lowest BCUT2D eigenvalue weighted by atomic mass is 10.1. The van der Waals surface area contributed by atoms with E-state index >= 15 is 0 Å². The Labute approximate surface area is 141 Å². The van der Waals surface area contributed by atoms with Crippen LogP contribution in [0.1, 0.15) is 35.9 Å². The van der Waals surface area contributed by atoms with Crippen molar-refractivity contribution in [3.05, 3.63) is 23.5 Å². The van der Waals surface area contributed by atoms with Crippen LogP contribution < -0.4 is 0 Å². The molecule has 0 atom stereocenters. The minimum atomic E-state index is 0.0304. The number of aliphatic hydroxyl groups is 1. The standard InChI is InChI=1S/C17H25N5O2/c1-12(2)22-16-14(11-18-22)10-15(13(3)19-16)17(24)21-6-4-20(5-7-21)8-9-23/h10-12,23H,4-9H2,1-3H3. The molecule has 2 aromatic heterocycles. The molecule has 2 aromatic rings. The van der Waals surface area contributed by atoms with Gasteiger partial charge in [0.05, 0.1) is 24.1 Å². The van der Waals surface area contributed by atoms with Crippen LogP contribution in [0, 0.1) is 6.92 Å². The molecular formula is C17H25N5O2. The maximum Gasteiger partial charge on any atom is 0.255 e. The molecule has 1 N–H and O–H groups in total. The molecule has 1 aliphatic rings. The van der Waals surface area contributed by atoms with E-state index in [9.17, 15) is 4.79 Å². The fraction of sp³-hybridized carbons (Fsp3) is 0.588. The van der Waals surface area contributed by atoms with Gasteiger partial charge in [0, 0.05) is 44.2 Å². The Hall–Kier alpha value is -1.99. The van der Waals surface area contributed by atoms with Gasteiger partial charge in [-0.05, 0) is 26.8 Å². The molecule has 7 nitrogen and oxygen atoms in total. The van der Waals surface area contributed by atoms with Crippen LogP contribution in [0.2, 0.25) is 0 Å². The first-order valence-electron chi connectivity index (χ1n) is 8.48. The van der Waals surface area contributed by atoms with E-state index in [1.807, 2.05) is 22.6 Å². The lowest BCUT2D eigenvalue weighted by molar-refractivity contribution is 0.0614. The first kappa shape index (κ1) is 16.9. The maximum atomic E-state index is 12.9. The maximum absolute atomic E-state index is 12.9. The third kappa shape index (κ3) is 3.14. The van der Waals surface area contributed by atoms with Gasteiger partial charge >= 0.3 is 0 Å². The van der Waals surface area contributed by atoms with Crippen molar-refractivity contribution in [2.24, 2.45) is 0 Å². The summed E-state index contributed by atoms with van der Waals surface area (Å²) in [6.07, 6.45) is 1.78. The van der Waals surface area contributed by atoms with Gasteiger partial charge < -0.3 is 10.0 Å². The number of hydrogen-bond acceptors (Lipinski definition) is 5. The van der Waals surface area contributed by atoms with E-state index in [1.54, 1.807) is 6.20 Å². The molecular weight excluding hydrogens is 306 g/mol. The Kier molecular flexibility index (Phi) is 4.82. The van der Waals surface area contributed by atoms with Crippen LogP contribution in [-0.2, 0) is 0 Å². The van der Waals surface area contributed by atoms with Gasteiger partial charge in [-0.15, -0.1) is 0 Å². The molecule has 3 rings (SSSR count). The van der Waals surface area contributed by atoms with Crippen LogP contribution in [0.5, 0.6) is 0 Å². The van der Waals surface area contributed by atoms with Crippen molar-refractivity contribution in [3.8, 4) is 0 Å². The van der Waals surface area contributed by atoms with Gasteiger partial charge in [-0.2, -0.15) is 5.10 Å². The highest BCUT2D eigenvalue weighted by molar-refractivity contribution is 5.98. The molecule has 1 amide bonds. The number of hydrogen-bond donors (Lipinski definition) is 1. The summed E-state index contributed by atoms with van der Waals surface area (Å²) in [5, 5.41) is 14.3. The number of rotatable bonds is 4. The predicted molar refractivity (Wildman–Crippen MR) is 92.1 cm³/mol. The van der Waals surface area contributed by atoms with Gasteiger partial charge in [0.1, 0.15) is 0 Å². The molecule has 0 aromatic carbocycles. The summed E-state index contributed by atoms with van der Waals surface area (Å²) in [6.45, 7) is 9.80. The summed E-state index contributed by atoms with van der Waals surface area (Å²) in [6, 6.07) is 2.14. The van der Waals surface area contributed by atoms with Gasteiger partial charge in [0.25, 0.3) is 5.91 Å². The minimum absolute atomic E-state index is 0.0304. The van der Waals surface area contributed by atoms with Crippen LogP contribution in [0.25, 0.3) is 11.0 Å². The first-order chi connectivity index (χ1) is 11.5. The number of carbonyl (C=O) groups excluding carboxylic acids is 1. The van der Waals surface area contributed by atoms with Crippen LogP contribution in [0.4, 0.5) is 0 Å². The number of pyridine rings is 1. The van der Waals surface area contributed by atoms with E-state index in [0.29, 0.717) is 25.2 Å². The Balaban J connectivity index is 1.82. The third-order valence-corrected chi connectivity index (χ3v) is 4.55. The summed E-state index contributed by atoms with van der Waals surface area (Å²) in [5.74, 6) is 0.0304. The number of aliphatic hydroxyl groups excluding tert-OH is 1. The third-order valence-electron chi connectivity index (χ3n) is 4.55. The molecule has 7 heteroatoms. The van der Waals surface area contributed by atoms with Crippen molar-refractivity contribution in [3.63, 3.8) is 0 Å². The zero-order valence-corrected chi connectivity index (χ0v) is 14.6. The molecule has 24 heavy (non-hydrogen) atoms. The van der Waals surface area contributed by atoms with Crippen molar-refractivity contribution in [1.82, 2.24) is 24.6 Å². The van der Waals surface area contributed by atoms with Crippen LogP contribution >= 0.6 is 0 Å². The summed E-state index contributed by atoms with van der Waals surface area (Å²) in [5.41, 5.74) is 2.22. The van der Waals surface area contributed by atoms with E-state index in [2.05, 4.69) is 28.8 Å². The van der Waals surface area contributed by atoms with E-state index in [4.69, 9.17) is 5.11 Å². The van der Waals surface area contributed by atoms with Crippen molar-refractivity contribution >= 4 is 16.9 Å². The molecule has 130 valence electrons. The topological polar surface area (TPSA) is 74.5 Å². The second-order valence-electron chi connectivity index (χ2n) is 6.57. The molecule has 0 radical (unpaired) electrons. The zero-order chi connectivity index (χ0) is 17.3. The lowest BCUT2D eigenvalue weighted by Crippen LogP contribution is -2.49. The second-order valence-corrected chi connectivity index (χ2v) is 6.57. The number of aromatic nitrogens is 3. The molecule has 0 bridgehead atoms. The molecule has 0 aliphatic carbocycles. The average molecular weight is 331 g/mol. The molecule has 0 unspecified atom stereocenters. The van der Waals surface area contributed by atoms with Gasteiger partial charge in [0.15, 0.2) is 5.65 Å². The van der Waals surface area contributed by atoms with E-state index in [1.165, 1.54) is 0 Å². The summed E-state index contributed by atoms with van der Waals surface area (Å²) in [7, 11) is 0. The normalized spacial score (nSPS) is 16.3. The number of β-amino-alcohol motifs (C(OH)–C–C–N with tert-alkyl or cyclic N) is 1. The zero-order valence-electron chi connectivity index (χ0n) is 14.6. The van der Waals surface area contributed by atoms with Crippen molar-refractivity contribution in [2.75, 3.05) is 39.3 Å². The van der Waals surface area contributed by atoms with Gasteiger partial charge in [-0.3, -0.25) is 9.69 Å². The van der Waals surface area contributed by atoms with Crippen molar-refractivity contribution in [1.29, 1.82) is 0 Å². The first-order valence-corrected chi connectivity index (χ1v) is 8.48. The van der Waals surface area contributed by atoms with E-state index in [0.717, 1.165) is 29.8 Å². The van der Waals surface area contributed by atoms with E-state index in [-0.39, 0.29) is 18.6 Å². The molecule has 1 fully saturated rings. The summed E-state index contributed by atoms with van der Waals surface area (Å²) in [4.78, 5) is 21.5. The second kappa shape index (κ2) is 6.86. The molecule has 0 saturated carbocycles. The largest absolute Gasteiger partial charge is 0.395 e. The Bertz CT molecular complexity index is 732. The Morgan fingerprint density at radius 2 is 2.00 bits per heavy atom. The monoisotopic (exact) mass is 331 g/mol. The number of aryl methyl sites for hydroxylation is 1. The summed E-state index contributed by atoms with van der Waals surface area (Å²) < 4.78 is 1.88. The Morgan fingerprint density at radius 3 is 2.62 bits per heavy atom. The Morgan fingerprint density at radius 1 is 1.29 bits per heavy atom. The van der Waals surface area contributed by atoms with E-state index < -0.39 is 0 Å². The fourth-order valence-corrected chi connectivity index (χ4v) is 3.15. The summed E-state index contributed by atoms with van der Waals surface area (Å²) >= 11 is 0. The highest BCUT2D eigenvalue weighted by Gasteiger charge is 2.24. The lowest BCUT2D eigenvalue weighted by Gasteiger charge is -2.34. The minimum Gasteiger partial charge on any atom is -0.395 e. The molecule has 0 spiro atoms. The molecule has 1 aliphatic heterocycles. The van der Waals surface area contributed by atoms with Crippen LogP contribution in [0.15, 0.2) is 12.3 Å². The van der Waals surface area contributed by atoms with Crippen LogP contribution in [0.3, 0.4) is 0 Å². The predicted octanol–water partition coefficient (Wildman–Crippen LogP) is 1.07. The number of piperazine rings is 1. The quantitative estimate of drug-likeness (QED) is 0.907. The number of fused-ring (bicyclic) bond motifs is 1.